The largest absolute Gasteiger partial charge is 0.490 e. The Hall–Kier alpha value is -2.36. The first-order chi connectivity index (χ1) is 11.8. The number of nitrogens with zero attached hydrogens (tertiary/aromatic N) is 1. The van der Waals surface area contributed by atoms with Crippen molar-refractivity contribution < 1.29 is 14.2 Å². The average molecular weight is 329 g/mol. The maximum absolute atomic E-state index is 5.94. The van der Waals surface area contributed by atoms with Gasteiger partial charge >= 0.3 is 0 Å². The number of rotatable bonds is 10. The highest BCUT2D eigenvalue weighted by Gasteiger charge is 2.09. The Bertz CT molecular complexity index is 611. The van der Waals surface area contributed by atoms with Gasteiger partial charge in [-0.25, -0.2) is 0 Å². The van der Waals surface area contributed by atoms with Crippen LogP contribution in [-0.4, -0.2) is 32.9 Å². The summed E-state index contributed by atoms with van der Waals surface area (Å²) in [5.41, 5.74) is 1.12. The maximum atomic E-state index is 5.94. The van der Waals surface area contributed by atoms with E-state index in [0.29, 0.717) is 19.8 Å². The Morgan fingerprint density at radius 2 is 1.17 bits per heavy atom. The second kappa shape index (κ2) is 9.71. The van der Waals surface area contributed by atoms with E-state index >= 15 is 0 Å². The summed E-state index contributed by atoms with van der Waals surface area (Å²) in [6.07, 6.45) is 0. The summed E-state index contributed by atoms with van der Waals surface area (Å²) < 4.78 is 17.3. The van der Waals surface area contributed by atoms with Crippen molar-refractivity contribution >= 4 is 5.69 Å². The Morgan fingerprint density at radius 3 is 1.75 bits per heavy atom. The van der Waals surface area contributed by atoms with Crippen LogP contribution in [0.5, 0.6) is 17.2 Å². The number of benzene rings is 2. The summed E-state index contributed by atoms with van der Waals surface area (Å²) in [6, 6.07) is 15.8. The Morgan fingerprint density at radius 1 is 0.667 bits per heavy atom. The summed E-state index contributed by atoms with van der Waals surface area (Å²) in [6.45, 7) is 9.74. The molecule has 0 saturated heterocycles. The molecule has 0 amide bonds. The van der Waals surface area contributed by atoms with E-state index in [4.69, 9.17) is 14.2 Å². The second-order valence-corrected chi connectivity index (χ2v) is 5.22. The SMILES string of the molecule is CCOc1ccccc1OCCOc1ccccc1N(CC)CC. The minimum Gasteiger partial charge on any atom is -0.490 e. The van der Waals surface area contributed by atoms with Crippen LogP contribution in [0.25, 0.3) is 0 Å². The molecule has 0 spiro atoms. The van der Waals surface area contributed by atoms with Crippen LogP contribution in [0, 0.1) is 0 Å². The number of para-hydroxylation sites is 4. The number of hydrogen-bond acceptors (Lipinski definition) is 4. The van der Waals surface area contributed by atoms with Crippen molar-refractivity contribution in [3.63, 3.8) is 0 Å². The van der Waals surface area contributed by atoms with E-state index in [1.165, 1.54) is 0 Å². The lowest BCUT2D eigenvalue weighted by Gasteiger charge is -2.23. The Balaban J connectivity index is 1.91. The van der Waals surface area contributed by atoms with Crippen molar-refractivity contribution in [1.82, 2.24) is 0 Å². The Labute approximate surface area is 145 Å². The highest BCUT2D eigenvalue weighted by Crippen LogP contribution is 2.28. The lowest BCUT2D eigenvalue weighted by Crippen LogP contribution is -2.23. The first-order valence-electron chi connectivity index (χ1n) is 8.61. The fourth-order valence-corrected chi connectivity index (χ4v) is 2.55. The summed E-state index contributed by atoms with van der Waals surface area (Å²) >= 11 is 0. The van der Waals surface area contributed by atoms with Gasteiger partial charge in [-0.15, -0.1) is 0 Å². The van der Waals surface area contributed by atoms with Crippen LogP contribution in [0.1, 0.15) is 20.8 Å². The zero-order chi connectivity index (χ0) is 17.2. The van der Waals surface area contributed by atoms with E-state index in [0.717, 1.165) is 36.0 Å². The fourth-order valence-electron chi connectivity index (χ4n) is 2.55. The van der Waals surface area contributed by atoms with Crippen LogP contribution in [0.2, 0.25) is 0 Å². The molecule has 0 aromatic heterocycles. The topological polar surface area (TPSA) is 30.9 Å². The molecule has 2 aromatic carbocycles. The van der Waals surface area contributed by atoms with Crippen LogP contribution in [0.4, 0.5) is 5.69 Å². The number of hydrogen-bond donors (Lipinski definition) is 0. The normalized spacial score (nSPS) is 10.3. The number of ether oxygens (including phenoxy) is 3. The van der Waals surface area contributed by atoms with Crippen molar-refractivity contribution in [2.24, 2.45) is 0 Å². The first-order valence-corrected chi connectivity index (χ1v) is 8.61. The van der Waals surface area contributed by atoms with Crippen molar-refractivity contribution in [2.75, 3.05) is 37.8 Å². The molecule has 0 bridgehead atoms. The molecule has 0 aliphatic rings. The van der Waals surface area contributed by atoms with E-state index in [2.05, 4.69) is 24.8 Å². The molecule has 0 N–H and O–H groups in total. The van der Waals surface area contributed by atoms with Crippen LogP contribution >= 0.6 is 0 Å². The second-order valence-electron chi connectivity index (χ2n) is 5.22. The Kier molecular flexibility index (Phi) is 7.27. The van der Waals surface area contributed by atoms with Gasteiger partial charge in [-0.3, -0.25) is 0 Å². The van der Waals surface area contributed by atoms with Gasteiger partial charge in [-0.05, 0) is 45.0 Å². The minimum absolute atomic E-state index is 0.469. The van der Waals surface area contributed by atoms with Gasteiger partial charge in [-0.2, -0.15) is 0 Å². The third kappa shape index (κ3) is 4.82. The molecule has 0 saturated carbocycles. The molecule has 2 rings (SSSR count). The van der Waals surface area contributed by atoms with Gasteiger partial charge < -0.3 is 19.1 Å². The van der Waals surface area contributed by atoms with E-state index in [1.807, 2.05) is 49.4 Å². The molecule has 0 unspecified atom stereocenters. The summed E-state index contributed by atoms with van der Waals surface area (Å²) in [4.78, 5) is 2.28. The predicted molar refractivity (Wildman–Crippen MR) is 98.6 cm³/mol. The average Bonchev–Trinajstić information content (AvgIpc) is 2.62. The zero-order valence-corrected chi connectivity index (χ0v) is 14.8. The summed E-state index contributed by atoms with van der Waals surface area (Å²) in [5, 5.41) is 0. The third-order valence-corrected chi connectivity index (χ3v) is 3.72. The number of anilines is 1. The molecule has 0 heterocycles. The molecular formula is C20H27NO3. The van der Waals surface area contributed by atoms with Gasteiger partial charge in [0.2, 0.25) is 0 Å². The van der Waals surface area contributed by atoms with Gasteiger partial charge in [0.25, 0.3) is 0 Å². The third-order valence-electron chi connectivity index (χ3n) is 3.72. The van der Waals surface area contributed by atoms with Crippen LogP contribution < -0.4 is 19.1 Å². The van der Waals surface area contributed by atoms with Crippen molar-refractivity contribution in [3.8, 4) is 17.2 Å². The zero-order valence-electron chi connectivity index (χ0n) is 14.8. The van der Waals surface area contributed by atoms with Crippen LogP contribution in [0.15, 0.2) is 48.5 Å². The van der Waals surface area contributed by atoms with Crippen molar-refractivity contribution in [1.29, 1.82) is 0 Å². The molecule has 24 heavy (non-hydrogen) atoms. The predicted octanol–water partition coefficient (Wildman–Crippen LogP) is 4.39. The molecular weight excluding hydrogens is 302 g/mol. The molecule has 0 aliphatic heterocycles. The van der Waals surface area contributed by atoms with Crippen molar-refractivity contribution in [3.05, 3.63) is 48.5 Å². The molecule has 2 aromatic rings. The molecule has 4 nitrogen and oxygen atoms in total. The van der Waals surface area contributed by atoms with Gasteiger partial charge in [0.1, 0.15) is 19.0 Å². The van der Waals surface area contributed by atoms with Crippen molar-refractivity contribution in [2.45, 2.75) is 20.8 Å². The smallest absolute Gasteiger partial charge is 0.161 e. The molecule has 0 atom stereocenters. The van der Waals surface area contributed by atoms with Crippen LogP contribution in [0.3, 0.4) is 0 Å². The minimum atomic E-state index is 0.469. The van der Waals surface area contributed by atoms with Gasteiger partial charge in [0, 0.05) is 13.1 Å². The van der Waals surface area contributed by atoms with Gasteiger partial charge in [0.15, 0.2) is 11.5 Å². The lowest BCUT2D eigenvalue weighted by atomic mass is 10.2. The first kappa shape index (κ1) is 18.0. The maximum Gasteiger partial charge on any atom is 0.161 e. The highest BCUT2D eigenvalue weighted by atomic mass is 16.5. The molecule has 0 radical (unpaired) electrons. The summed E-state index contributed by atoms with van der Waals surface area (Å²) in [7, 11) is 0. The van der Waals surface area contributed by atoms with Gasteiger partial charge in [0.05, 0.1) is 12.3 Å². The highest BCUT2D eigenvalue weighted by molar-refractivity contribution is 5.58. The summed E-state index contributed by atoms with van der Waals surface area (Å²) in [5.74, 6) is 2.41. The quantitative estimate of drug-likeness (QED) is 0.605. The molecule has 0 fully saturated rings. The molecule has 4 heteroatoms. The van der Waals surface area contributed by atoms with E-state index in [9.17, 15) is 0 Å². The van der Waals surface area contributed by atoms with E-state index < -0.39 is 0 Å². The van der Waals surface area contributed by atoms with Crippen LogP contribution in [-0.2, 0) is 0 Å². The fraction of sp³-hybridized carbons (Fsp3) is 0.400. The van der Waals surface area contributed by atoms with Gasteiger partial charge in [-0.1, -0.05) is 24.3 Å². The van der Waals surface area contributed by atoms with E-state index in [1.54, 1.807) is 0 Å². The van der Waals surface area contributed by atoms with E-state index in [-0.39, 0.29) is 0 Å². The molecule has 130 valence electrons. The lowest BCUT2D eigenvalue weighted by molar-refractivity contribution is 0.208. The monoisotopic (exact) mass is 329 g/mol. The standard InChI is InChI=1S/C20H27NO3/c1-4-21(5-2)17-11-7-8-12-18(17)23-15-16-24-20-14-10-9-13-19(20)22-6-3/h7-14H,4-6,15-16H2,1-3H3. The molecule has 0 aliphatic carbocycles.